The largest absolute Gasteiger partial charge is 0.455 e. The molecule has 26 heavy (non-hydrogen) atoms. The lowest BCUT2D eigenvalue weighted by Crippen LogP contribution is -2.31. The first-order chi connectivity index (χ1) is 12.5. The molecule has 2 heteroatoms. The fourth-order valence-corrected chi connectivity index (χ4v) is 3.94. The quantitative estimate of drug-likeness (QED) is 0.423. The highest BCUT2D eigenvalue weighted by atomic mass is 16.3. The zero-order chi connectivity index (χ0) is 18.4. The van der Waals surface area contributed by atoms with Crippen LogP contribution in [-0.2, 0) is 13.5 Å². The number of para-hydroxylation sites is 1. The summed E-state index contributed by atoms with van der Waals surface area (Å²) >= 11 is 0. The highest BCUT2D eigenvalue weighted by molar-refractivity contribution is 6.10. The zero-order valence-electron chi connectivity index (χ0n) is 16.3. The Kier molecular flexibility index (Phi) is 4.07. The number of hydrogen-bond donors (Lipinski definition) is 0. The topological polar surface area (TPSA) is 17.0 Å². The number of rotatable bonds is 3. The van der Waals surface area contributed by atoms with Gasteiger partial charge in [-0.1, -0.05) is 44.2 Å². The van der Waals surface area contributed by atoms with Crippen LogP contribution in [0.1, 0.15) is 30.5 Å². The summed E-state index contributed by atoms with van der Waals surface area (Å²) in [4.78, 5) is 0. The summed E-state index contributed by atoms with van der Waals surface area (Å²) in [6.07, 6.45) is 3.35. The Morgan fingerprint density at radius 1 is 0.885 bits per heavy atom. The molecule has 0 aliphatic heterocycles. The summed E-state index contributed by atoms with van der Waals surface area (Å²) in [6.45, 7) is 8.79. The fourth-order valence-electron chi connectivity index (χ4n) is 3.94. The second-order valence-corrected chi connectivity index (χ2v) is 7.82. The maximum atomic E-state index is 6.39. The average Bonchev–Trinajstić information content (AvgIpc) is 2.95. The number of pyridine rings is 1. The standard InChI is InChI=1S/C24H26NO/c1-15(2)13-18-10-12-21(25(5)14-18)22-16(3)9-11-20-19-8-6-7-17(4)23(19)26-24(20)22/h6-12,14-15H,13H2,1-5H3/q+1. The van der Waals surface area contributed by atoms with Crippen LogP contribution in [0.2, 0.25) is 0 Å². The summed E-state index contributed by atoms with van der Waals surface area (Å²) in [7, 11) is 2.13. The van der Waals surface area contributed by atoms with E-state index in [-0.39, 0.29) is 0 Å². The molecule has 2 heterocycles. The molecule has 2 nitrogen and oxygen atoms in total. The van der Waals surface area contributed by atoms with E-state index in [0.29, 0.717) is 5.92 Å². The molecule has 0 unspecified atom stereocenters. The number of fused-ring (bicyclic) bond motifs is 3. The lowest BCUT2D eigenvalue weighted by atomic mass is 9.99. The Labute approximate surface area is 155 Å². The smallest absolute Gasteiger partial charge is 0.216 e. The SMILES string of the molecule is Cc1ccc2c(oc3c(C)cccc32)c1-c1ccc(CC(C)C)c[n+]1C. The van der Waals surface area contributed by atoms with Gasteiger partial charge in [0.25, 0.3) is 0 Å². The van der Waals surface area contributed by atoms with Crippen LogP contribution in [0.25, 0.3) is 33.2 Å². The zero-order valence-corrected chi connectivity index (χ0v) is 16.3. The van der Waals surface area contributed by atoms with Crippen molar-refractivity contribution in [1.82, 2.24) is 0 Å². The molecule has 2 aromatic carbocycles. The molecule has 0 saturated carbocycles. The van der Waals surface area contributed by atoms with Crippen LogP contribution in [0.5, 0.6) is 0 Å². The first-order valence-electron chi connectivity index (χ1n) is 9.36. The predicted octanol–water partition coefficient (Wildman–Crippen LogP) is 5.89. The monoisotopic (exact) mass is 344 g/mol. The van der Waals surface area contributed by atoms with E-state index >= 15 is 0 Å². The van der Waals surface area contributed by atoms with Gasteiger partial charge < -0.3 is 4.42 Å². The Morgan fingerprint density at radius 2 is 1.65 bits per heavy atom. The van der Waals surface area contributed by atoms with Gasteiger partial charge in [-0.15, -0.1) is 0 Å². The molecule has 4 rings (SSSR count). The van der Waals surface area contributed by atoms with Crippen LogP contribution in [-0.4, -0.2) is 0 Å². The van der Waals surface area contributed by atoms with Gasteiger partial charge in [0, 0.05) is 22.4 Å². The molecule has 4 aromatic rings. The Hall–Kier alpha value is -2.61. The molecule has 0 N–H and O–H groups in total. The van der Waals surface area contributed by atoms with Crippen molar-refractivity contribution in [3.05, 3.63) is 65.4 Å². The first-order valence-corrected chi connectivity index (χ1v) is 9.36. The van der Waals surface area contributed by atoms with Gasteiger partial charge in [-0.25, -0.2) is 4.57 Å². The normalized spacial score (nSPS) is 11.8. The second kappa shape index (κ2) is 6.28. The van der Waals surface area contributed by atoms with E-state index in [9.17, 15) is 0 Å². The second-order valence-electron chi connectivity index (χ2n) is 7.82. The van der Waals surface area contributed by atoms with E-state index in [1.807, 2.05) is 0 Å². The molecule has 0 radical (unpaired) electrons. The van der Waals surface area contributed by atoms with E-state index in [0.717, 1.165) is 17.6 Å². The Balaban J connectivity index is 1.98. The van der Waals surface area contributed by atoms with Gasteiger partial charge in [0.2, 0.25) is 5.69 Å². The summed E-state index contributed by atoms with van der Waals surface area (Å²) in [5, 5.41) is 2.39. The van der Waals surface area contributed by atoms with Gasteiger partial charge in [-0.2, -0.15) is 0 Å². The van der Waals surface area contributed by atoms with Gasteiger partial charge >= 0.3 is 0 Å². The Bertz CT molecular complexity index is 1120. The highest BCUT2D eigenvalue weighted by Gasteiger charge is 2.21. The van der Waals surface area contributed by atoms with Crippen LogP contribution in [0.4, 0.5) is 0 Å². The molecular formula is C24H26NO+. The highest BCUT2D eigenvalue weighted by Crippen LogP contribution is 2.37. The van der Waals surface area contributed by atoms with Gasteiger partial charge in [0.05, 0.1) is 5.56 Å². The number of hydrogen-bond acceptors (Lipinski definition) is 1. The van der Waals surface area contributed by atoms with Crippen molar-refractivity contribution in [1.29, 1.82) is 0 Å². The van der Waals surface area contributed by atoms with E-state index < -0.39 is 0 Å². The van der Waals surface area contributed by atoms with Crippen LogP contribution in [0, 0.1) is 19.8 Å². The van der Waals surface area contributed by atoms with Crippen molar-refractivity contribution in [2.45, 2.75) is 34.1 Å². The molecule has 0 atom stereocenters. The maximum Gasteiger partial charge on any atom is 0.216 e. The molecule has 0 saturated heterocycles. The lowest BCUT2D eigenvalue weighted by molar-refractivity contribution is -0.660. The van der Waals surface area contributed by atoms with Crippen molar-refractivity contribution in [2.75, 3.05) is 0 Å². The van der Waals surface area contributed by atoms with Crippen molar-refractivity contribution >= 4 is 21.9 Å². The van der Waals surface area contributed by atoms with Crippen molar-refractivity contribution in [3.63, 3.8) is 0 Å². The molecule has 0 aliphatic carbocycles. The molecule has 0 aliphatic rings. The van der Waals surface area contributed by atoms with Crippen molar-refractivity contribution < 1.29 is 8.98 Å². The third-order valence-electron chi connectivity index (χ3n) is 5.17. The van der Waals surface area contributed by atoms with Crippen LogP contribution >= 0.6 is 0 Å². The number of aromatic nitrogens is 1. The lowest BCUT2D eigenvalue weighted by Gasteiger charge is -2.08. The summed E-state index contributed by atoms with van der Waals surface area (Å²) in [5.74, 6) is 0.657. The van der Waals surface area contributed by atoms with Crippen LogP contribution in [0.15, 0.2) is 53.1 Å². The first kappa shape index (κ1) is 16.8. The molecule has 0 spiro atoms. The number of aryl methyl sites for hydroxylation is 3. The minimum Gasteiger partial charge on any atom is -0.455 e. The molecular weight excluding hydrogens is 318 g/mol. The molecule has 0 bridgehead atoms. The van der Waals surface area contributed by atoms with Crippen LogP contribution < -0.4 is 4.57 Å². The van der Waals surface area contributed by atoms with Crippen molar-refractivity contribution in [3.8, 4) is 11.3 Å². The third-order valence-corrected chi connectivity index (χ3v) is 5.17. The van der Waals surface area contributed by atoms with Gasteiger partial charge in [0.1, 0.15) is 18.2 Å². The van der Waals surface area contributed by atoms with Gasteiger partial charge in [-0.3, -0.25) is 0 Å². The number of furan rings is 1. The average molecular weight is 344 g/mol. The van der Waals surface area contributed by atoms with E-state index in [4.69, 9.17) is 4.42 Å². The molecule has 0 amide bonds. The molecule has 132 valence electrons. The number of benzene rings is 2. The maximum absolute atomic E-state index is 6.39. The minimum atomic E-state index is 0.657. The third kappa shape index (κ3) is 2.70. The molecule has 2 aromatic heterocycles. The van der Waals surface area contributed by atoms with Crippen molar-refractivity contribution in [2.24, 2.45) is 13.0 Å². The summed E-state index contributed by atoms with van der Waals surface area (Å²) < 4.78 is 8.62. The van der Waals surface area contributed by atoms with E-state index in [1.54, 1.807) is 0 Å². The van der Waals surface area contributed by atoms with Gasteiger partial charge in [-0.05, 0) is 43.4 Å². The summed E-state index contributed by atoms with van der Waals surface area (Å²) in [5.41, 5.74) is 8.15. The van der Waals surface area contributed by atoms with Crippen LogP contribution in [0.3, 0.4) is 0 Å². The molecule has 0 fully saturated rings. The minimum absolute atomic E-state index is 0.657. The number of nitrogens with zero attached hydrogens (tertiary/aromatic N) is 1. The predicted molar refractivity (Wildman–Crippen MR) is 108 cm³/mol. The van der Waals surface area contributed by atoms with Gasteiger partial charge in [0.15, 0.2) is 6.20 Å². The Morgan fingerprint density at radius 3 is 2.38 bits per heavy atom. The van der Waals surface area contributed by atoms with E-state index in [1.165, 1.54) is 38.7 Å². The van der Waals surface area contributed by atoms with E-state index in [2.05, 4.69) is 88.0 Å². The fraction of sp³-hybridized carbons (Fsp3) is 0.292. The summed E-state index contributed by atoms with van der Waals surface area (Å²) in [6, 6.07) is 15.2.